The number of halogens is 1. The Morgan fingerprint density at radius 2 is 1.83 bits per heavy atom. The number of nitrogens with zero attached hydrogens (tertiary/aromatic N) is 1. The molecule has 0 aliphatic heterocycles. The van der Waals surface area contributed by atoms with Gasteiger partial charge in [-0.05, 0) is 53.0 Å². The molecule has 2 aromatic rings. The molecule has 0 atom stereocenters. The third-order valence-electron chi connectivity index (χ3n) is 3.05. The third kappa shape index (κ3) is 5.28. The molecule has 1 N–H and O–H groups in total. The molecule has 0 spiro atoms. The first-order chi connectivity index (χ1) is 11.2. The molecule has 0 saturated carbocycles. The van der Waals surface area contributed by atoms with Gasteiger partial charge in [-0.15, -0.1) is 0 Å². The van der Waals surface area contributed by atoms with Gasteiger partial charge in [0.2, 0.25) is 0 Å². The summed E-state index contributed by atoms with van der Waals surface area (Å²) in [7, 11) is 0. The highest BCUT2D eigenvalue weighted by atomic mass is 79.9. The fourth-order valence-corrected chi connectivity index (χ4v) is 2.64. The molecule has 0 saturated heterocycles. The van der Waals surface area contributed by atoms with Crippen LogP contribution >= 0.6 is 15.9 Å². The van der Waals surface area contributed by atoms with Crippen LogP contribution in [0.25, 0.3) is 0 Å². The van der Waals surface area contributed by atoms with Gasteiger partial charge in [0.15, 0.2) is 11.5 Å². The Morgan fingerprint density at radius 1 is 1.09 bits per heavy atom. The Hall–Kier alpha value is -2.01. The molecule has 0 bridgehead atoms. The van der Waals surface area contributed by atoms with Crippen molar-refractivity contribution >= 4 is 22.1 Å². The van der Waals surface area contributed by atoms with Crippen molar-refractivity contribution in [3.05, 3.63) is 58.1 Å². The maximum absolute atomic E-state index is 5.65. The van der Waals surface area contributed by atoms with Gasteiger partial charge in [-0.1, -0.05) is 30.3 Å². The summed E-state index contributed by atoms with van der Waals surface area (Å²) in [5, 5.41) is 4.26. The maximum atomic E-state index is 5.65. The SMILES string of the molecule is CCOc1cc(C=NNCc2ccccc2)cc(Br)c1OCC. The van der Waals surface area contributed by atoms with Gasteiger partial charge in [-0.2, -0.15) is 5.10 Å². The van der Waals surface area contributed by atoms with Crippen LogP contribution in [0, 0.1) is 0 Å². The summed E-state index contributed by atoms with van der Waals surface area (Å²) in [4.78, 5) is 0. The van der Waals surface area contributed by atoms with E-state index in [2.05, 4.69) is 38.6 Å². The Bertz CT molecular complexity index is 645. The van der Waals surface area contributed by atoms with Crippen molar-refractivity contribution in [1.82, 2.24) is 5.43 Å². The highest BCUT2D eigenvalue weighted by Crippen LogP contribution is 2.36. The van der Waals surface area contributed by atoms with Crippen LogP contribution in [0.15, 0.2) is 52.0 Å². The van der Waals surface area contributed by atoms with Crippen molar-refractivity contribution in [2.24, 2.45) is 5.10 Å². The van der Waals surface area contributed by atoms with Gasteiger partial charge in [0.1, 0.15) is 0 Å². The molecule has 0 amide bonds. The number of nitrogens with one attached hydrogen (secondary N) is 1. The van der Waals surface area contributed by atoms with Crippen LogP contribution < -0.4 is 14.9 Å². The van der Waals surface area contributed by atoms with Crippen molar-refractivity contribution in [3.8, 4) is 11.5 Å². The van der Waals surface area contributed by atoms with Gasteiger partial charge < -0.3 is 14.9 Å². The van der Waals surface area contributed by atoms with E-state index in [1.54, 1.807) is 6.21 Å². The smallest absolute Gasteiger partial charge is 0.175 e. The van der Waals surface area contributed by atoms with Gasteiger partial charge in [-0.3, -0.25) is 0 Å². The predicted octanol–water partition coefficient (Wildman–Crippen LogP) is 4.37. The number of ether oxygens (including phenoxy) is 2. The second-order valence-electron chi connectivity index (χ2n) is 4.77. The molecule has 0 heterocycles. The Balaban J connectivity index is 2.05. The van der Waals surface area contributed by atoms with E-state index in [0.29, 0.717) is 25.5 Å². The summed E-state index contributed by atoms with van der Waals surface area (Å²) < 4.78 is 12.1. The predicted molar refractivity (Wildman–Crippen MR) is 97.4 cm³/mol. The lowest BCUT2D eigenvalue weighted by Crippen LogP contribution is -2.05. The van der Waals surface area contributed by atoms with Crippen molar-refractivity contribution < 1.29 is 9.47 Å². The van der Waals surface area contributed by atoms with Gasteiger partial charge in [0.25, 0.3) is 0 Å². The lowest BCUT2D eigenvalue weighted by Gasteiger charge is -2.13. The number of rotatable bonds is 8. The molecule has 122 valence electrons. The maximum Gasteiger partial charge on any atom is 0.175 e. The van der Waals surface area contributed by atoms with Crippen LogP contribution in [-0.2, 0) is 6.54 Å². The minimum absolute atomic E-state index is 0.583. The van der Waals surface area contributed by atoms with E-state index in [1.807, 2.05) is 44.2 Å². The van der Waals surface area contributed by atoms with Crippen LogP contribution in [0.1, 0.15) is 25.0 Å². The van der Waals surface area contributed by atoms with Crippen molar-refractivity contribution in [1.29, 1.82) is 0 Å². The number of hydrogen-bond acceptors (Lipinski definition) is 4. The normalized spacial score (nSPS) is 10.7. The second kappa shape index (κ2) is 9.20. The highest BCUT2D eigenvalue weighted by molar-refractivity contribution is 9.10. The molecular weight excluding hydrogens is 356 g/mol. The molecule has 0 radical (unpaired) electrons. The van der Waals surface area contributed by atoms with Crippen LogP contribution in [0.2, 0.25) is 0 Å². The standard InChI is InChI=1S/C18H21BrN2O2/c1-3-22-17-11-15(10-16(19)18(17)23-4-2)13-21-20-12-14-8-6-5-7-9-14/h5-11,13,20H,3-4,12H2,1-2H3. The molecule has 0 aliphatic rings. The van der Waals surface area contributed by atoms with E-state index in [-0.39, 0.29) is 0 Å². The molecule has 2 aromatic carbocycles. The van der Waals surface area contributed by atoms with E-state index in [9.17, 15) is 0 Å². The number of hydrogen-bond donors (Lipinski definition) is 1. The average Bonchev–Trinajstić information content (AvgIpc) is 2.56. The third-order valence-corrected chi connectivity index (χ3v) is 3.64. The van der Waals surface area contributed by atoms with Gasteiger partial charge in [0.05, 0.1) is 30.4 Å². The largest absolute Gasteiger partial charge is 0.490 e. The van der Waals surface area contributed by atoms with Gasteiger partial charge >= 0.3 is 0 Å². The van der Waals surface area contributed by atoms with Crippen molar-refractivity contribution in [2.75, 3.05) is 13.2 Å². The topological polar surface area (TPSA) is 42.8 Å². The van der Waals surface area contributed by atoms with E-state index in [1.165, 1.54) is 5.56 Å². The van der Waals surface area contributed by atoms with E-state index in [0.717, 1.165) is 15.8 Å². The zero-order valence-electron chi connectivity index (χ0n) is 13.4. The quantitative estimate of drug-likeness (QED) is 0.549. The van der Waals surface area contributed by atoms with Crippen LogP contribution in [0.5, 0.6) is 11.5 Å². The van der Waals surface area contributed by atoms with Crippen LogP contribution in [0.3, 0.4) is 0 Å². The van der Waals surface area contributed by atoms with E-state index >= 15 is 0 Å². The molecule has 0 aliphatic carbocycles. The second-order valence-corrected chi connectivity index (χ2v) is 5.63. The minimum Gasteiger partial charge on any atom is -0.490 e. The zero-order valence-corrected chi connectivity index (χ0v) is 15.0. The van der Waals surface area contributed by atoms with Gasteiger partial charge in [-0.25, -0.2) is 0 Å². The van der Waals surface area contributed by atoms with Crippen molar-refractivity contribution in [3.63, 3.8) is 0 Å². The molecule has 0 unspecified atom stereocenters. The monoisotopic (exact) mass is 376 g/mol. The lowest BCUT2D eigenvalue weighted by atomic mass is 10.2. The first-order valence-electron chi connectivity index (χ1n) is 7.63. The van der Waals surface area contributed by atoms with E-state index < -0.39 is 0 Å². The summed E-state index contributed by atoms with van der Waals surface area (Å²) >= 11 is 3.53. The molecule has 0 aromatic heterocycles. The Morgan fingerprint density at radius 3 is 2.52 bits per heavy atom. The van der Waals surface area contributed by atoms with Crippen molar-refractivity contribution in [2.45, 2.75) is 20.4 Å². The first kappa shape index (κ1) is 17.3. The molecule has 23 heavy (non-hydrogen) atoms. The summed E-state index contributed by atoms with van der Waals surface area (Å²) in [6, 6.07) is 14.0. The summed E-state index contributed by atoms with van der Waals surface area (Å²) in [6.07, 6.45) is 1.77. The van der Waals surface area contributed by atoms with Crippen LogP contribution in [0.4, 0.5) is 0 Å². The van der Waals surface area contributed by atoms with E-state index in [4.69, 9.17) is 9.47 Å². The average molecular weight is 377 g/mol. The molecule has 5 heteroatoms. The lowest BCUT2D eigenvalue weighted by molar-refractivity contribution is 0.286. The molecule has 0 fully saturated rings. The molecule has 2 rings (SSSR count). The molecule has 4 nitrogen and oxygen atoms in total. The molecular formula is C18H21BrN2O2. The fourth-order valence-electron chi connectivity index (χ4n) is 2.06. The Kier molecular flexibility index (Phi) is 6.94. The Labute approximate surface area is 145 Å². The number of benzene rings is 2. The van der Waals surface area contributed by atoms with Gasteiger partial charge in [0, 0.05) is 0 Å². The van der Waals surface area contributed by atoms with Crippen LogP contribution in [-0.4, -0.2) is 19.4 Å². The zero-order chi connectivity index (χ0) is 16.5. The summed E-state index contributed by atoms with van der Waals surface area (Å²) in [6.45, 7) is 5.76. The fraction of sp³-hybridized carbons (Fsp3) is 0.278. The summed E-state index contributed by atoms with van der Waals surface area (Å²) in [5.41, 5.74) is 5.17. The highest BCUT2D eigenvalue weighted by Gasteiger charge is 2.11. The first-order valence-corrected chi connectivity index (χ1v) is 8.42. The minimum atomic E-state index is 0.583. The number of hydrazone groups is 1. The summed E-state index contributed by atoms with van der Waals surface area (Å²) in [5.74, 6) is 1.44.